The molecule has 1 amide bonds. The molecule has 1 aliphatic rings. The molecule has 1 aliphatic heterocycles. The number of likely N-dealkylation sites (tertiary alicyclic amines) is 1. The Labute approximate surface area is 211 Å². The summed E-state index contributed by atoms with van der Waals surface area (Å²) in [5, 5.41) is 8.85. The summed E-state index contributed by atoms with van der Waals surface area (Å²) in [7, 11) is 0. The molecule has 37 heavy (non-hydrogen) atoms. The van der Waals surface area contributed by atoms with Gasteiger partial charge in [-0.05, 0) is 60.2 Å². The Morgan fingerprint density at radius 3 is 2.11 bits per heavy atom. The lowest BCUT2D eigenvalue weighted by atomic mass is 10.1. The van der Waals surface area contributed by atoms with Crippen molar-refractivity contribution in [2.45, 2.75) is 31.5 Å². The van der Waals surface area contributed by atoms with E-state index in [-0.39, 0.29) is 24.0 Å². The minimum atomic E-state index is -4.47. The van der Waals surface area contributed by atoms with Crippen LogP contribution in [-0.4, -0.2) is 41.3 Å². The molecule has 1 heterocycles. The summed E-state index contributed by atoms with van der Waals surface area (Å²) in [6, 6.07) is 17.5. The molecule has 0 unspecified atom stereocenters. The van der Waals surface area contributed by atoms with E-state index < -0.39 is 23.8 Å². The molecule has 0 saturated carbocycles. The highest BCUT2D eigenvalue weighted by molar-refractivity contribution is 5.71. The number of aliphatic carboxylic acids is 1. The fourth-order valence-electron chi connectivity index (χ4n) is 3.82. The number of ether oxygens (including phenoxy) is 3. The third-order valence-electron chi connectivity index (χ3n) is 5.71. The second-order valence-corrected chi connectivity index (χ2v) is 8.49. The summed E-state index contributed by atoms with van der Waals surface area (Å²) in [6.07, 6.45) is -3.89. The Morgan fingerprint density at radius 1 is 0.865 bits per heavy atom. The van der Waals surface area contributed by atoms with Gasteiger partial charge < -0.3 is 24.2 Å². The number of piperidine rings is 1. The zero-order valence-electron chi connectivity index (χ0n) is 19.6. The van der Waals surface area contributed by atoms with Gasteiger partial charge in [-0.2, -0.15) is 13.2 Å². The average molecular weight is 515 g/mol. The van der Waals surface area contributed by atoms with Crippen molar-refractivity contribution < 1.29 is 42.1 Å². The third kappa shape index (κ3) is 7.39. The van der Waals surface area contributed by atoms with Crippen LogP contribution in [0.3, 0.4) is 0 Å². The Balaban J connectivity index is 1.24. The van der Waals surface area contributed by atoms with Gasteiger partial charge in [0, 0.05) is 25.9 Å². The van der Waals surface area contributed by atoms with Gasteiger partial charge >= 0.3 is 18.2 Å². The van der Waals surface area contributed by atoms with Crippen LogP contribution in [0.25, 0.3) is 0 Å². The molecule has 0 aliphatic carbocycles. The van der Waals surface area contributed by atoms with Crippen LogP contribution in [0.1, 0.15) is 24.0 Å². The van der Waals surface area contributed by atoms with Crippen LogP contribution in [0, 0.1) is 0 Å². The highest BCUT2D eigenvalue weighted by Gasteiger charge is 2.30. The van der Waals surface area contributed by atoms with Crippen LogP contribution in [0.4, 0.5) is 18.0 Å². The van der Waals surface area contributed by atoms with Gasteiger partial charge in [-0.15, -0.1) is 0 Å². The number of amides is 1. The van der Waals surface area contributed by atoms with Crippen molar-refractivity contribution in [2.75, 3.05) is 13.1 Å². The number of hydrogen-bond acceptors (Lipinski definition) is 5. The Bertz CT molecular complexity index is 1220. The molecule has 3 aromatic carbocycles. The van der Waals surface area contributed by atoms with Crippen LogP contribution in [0.15, 0.2) is 72.8 Å². The van der Waals surface area contributed by atoms with Crippen LogP contribution in [0.2, 0.25) is 0 Å². The van der Waals surface area contributed by atoms with Crippen molar-refractivity contribution in [2.24, 2.45) is 0 Å². The molecular formula is C27H24F3NO6. The van der Waals surface area contributed by atoms with Crippen molar-refractivity contribution in [1.82, 2.24) is 4.90 Å². The van der Waals surface area contributed by atoms with Crippen molar-refractivity contribution in [3.05, 3.63) is 83.9 Å². The Morgan fingerprint density at radius 2 is 1.49 bits per heavy atom. The van der Waals surface area contributed by atoms with Gasteiger partial charge in [0.1, 0.15) is 29.1 Å². The molecular weight excluding hydrogens is 491 g/mol. The van der Waals surface area contributed by atoms with Gasteiger partial charge in [0.25, 0.3) is 0 Å². The average Bonchev–Trinajstić information content (AvgIpc) is 2.86. The van der Waals surface area contributed by atoms with Gasteiger partial charge in [-0.25, -0.2) is 4.79 Å². The molecule has 3 aromatic rings. The van der Waals surface area contributed by atoms with Crippen LogP contribution < -0.4 is 14.2 Å². The highest BCUT2D eigenvalue weighted by Crippen LogP contribution is 2.33. The lowest BCUT2D eigenvalue weighted by Gasteiger charge is -2.31. The topological polar surface area (TPSA) is 85.3 Å². The number of carbonyl (C=O) groups excluding carboxylic acids is 1. The maximum atomic E-state index is 12.9. The van der Waals surface area contributed by atoms with Gasteiger partial charge in [0.2, 0.25) is 0 Å². The lowest BCUT2D eigenvalue weighted by Crippen LogP contribution is -2.43. The number of carbonyl (C=O) groups is 2. The minimum Gasteiger partial charge on any atom is -0.490 e. The van der Waals surface area contributed by atoms with Crippen molar-refractivity contribution >= 4 is 12.1 Å². The predicted molar refractivity (Wildman–Crippen MR) is 127 cm³/mol. The maximum Gasteiger partial charge on any atom is 0.416 e. The second kappa shape index (κ2) is 11.2. The number of hydrogen-bond donors (Lipinski definition) is 1. The smallest absolute Gasteiger partial charge is 0.416 e. The summed E-state index contributed by atoms with van der Waals surface area (Å²) in [6.45, 7) is 0.884. The van der Waals surface area contributed by atoms with Crippen LogP contribution in [0.5, 0.6) is 23.0 Å². The molecule has 0 spiro atoms. The Hall–Kier alpha value is -4.21. The number of benzene rings is 3. The van der Waals surface area contributed by atoms with Gasteiger partial charge in [-0.3, -0.25) is 4.79 Å². The van der Waals surface area contributed by atoms with Crippen molar-refractivity contribution in [3.63, 3.8) is 0 Å². The van der Waals surface area contributed by atoms with E-state index in [0.29, 0.717) is 43.0 Å². The first-order chi connectivity index (χ1) is 17.7. The molecule has 4 rings (SSSR count). The number of rotatable bonds is 7. The van der Waals surface area contributed by atoms with Crippen molar-refractivity contribution in [3.8, 4) is 23.0 Å². The normalized spacial score (nSPS) is 14.2. The summed E-state index contributed by atoms with van der Waals surface area (Å²) in [5.41, 5.74) is -0.119. The largest absolute Gasteiger partial charge is 0.490 e. The summed E-state index contributed by atoms with van der Waals surface area (Å²) >= 11 is 0. The summed E-state index contributed by atoms with van der Waals surface area (Å²) < 4.78 is 55.5. The predicted octanol–water partition coefficient (Wildman–Crippen LogP) is 6.17. The van der Waals surface area contributed by atoms with E-state index in [0.717, 1.165) is 12.1 Å². The first-order valence-electron chi connectivity index (χ1n) is 11.5. The standard InChI is InChI=1S/C27H24F3NO6/c28-27(29,30)19-2-1-3-24(17-19)36-21-8-10-22(11-9-21)37-26(34)31-14-12-23(13-15-31)35-20-6-4-18(5-7-20)16-25(32)33/h1-11,17,23H,12-16H2,(H,32,33). The molecule has 194 valence electrons. The van der Waals surface area contributed by atoms with E-state index >= 15 is 0 Å². The Kier molecular flexibility index (Phi) is 7.86. The fourth-order valence-corrected chi connectivity index (χ4v) is 3.82. The molecule has 1 N–H and O–H groups in total. The molecule has 1 saturated heterocycles. The maximum absolute atomic E-state index is 12.9. The van der Waals surface area contributed by atoms with Crippen LogP contribution in [-0.2, 0) is 17.4 Å². The fraction of sp³-hybridized carbons (Fsp3) is 0.259. The summed E-state index contributed by atoms with van der Waals surface area (Å²) in [5.74, 6) is 0.366. The molecule has 7 nitrogen and oxygen atoms in total. The van der Waals surface area contributed by atoms with Gasteiger partial charge in [0.05, 0.1) is 12.0 Å². The minimum absolute atomic E-state index is 0.0425. The first kappa shape index (κ1) is 25.9. The van der Waals surface area contributed by atoms with Crippen LogP contribution >= 0.6 is 0 Å². The number of carboxylic acids is 1. The van der Waals surface area contributed by atoms with E-state index in [2.05, 4.69) is 0 Å². The lowest BCUT2D eigenvalue weighted by molar-refractivity contribution is -0.138. The van der Waals surface area contributed by atoms with E-state index in [1.807, 2.05) is 0 Å². The van der Waals surface area contributed by atoms with Crippen molar-refractivity contribution in [1.29, 1.82) is 0 Å². The quantitative estimate of drug-likeness (QED) is 0.405. The molecule has 0 atom stereocenters. The molecule has 0 bridgehead atoms. The molecule has 10 heteroatoms. The third-order valence-corrected chi connectivity index (χ3v) is 5.71. The zero-order chi connectivity index (χ0) is 26.4. The second-order valence-electron chi connectivity index (χ2n) is 8.49. The number of carboxylic acid groups (broad SMARTS) is 1. The monoisotopic (exact) mass is 515 g/mol. The van der Waals surface area contributed by atoms with E-state index in [9.17, 15) is 22.8 Å². The van der Waals surface area contributed by atoms with E-state index in [1.165, 1.54) is 36.4 Å². The molecule has 0 radical (unpaired) electrons. The number of halogens is 3. The van der Waals surface area contributed by atoms with E-state index in [4.69, 9.17) is 19.3 Å². The van der Waals surface area contributed by atoms with Gasteiger partial charge in [-0.1, -0.05) is 18.2 Å². The summed E-state index contributed by atoms with van der Waals surface area (Å²) in [4.78, 5) is 24.9. The first-order valence-corrected chi connectivity index (χ1v) is 11.5. The van der Waals surface area contributed by atoms with E-state index in [1.54, 1.807) is 29.2 Å². The van der Waals surface area contributed by atoms with Gasteiger partial charge in [0.15, 0.2) is 0 Å². The number of alkyl halides is 3. The molecule has 0 aromatic heterocycles. The SMILES string of the molecule is O=C(O)Cc1ccc(OC2CCN(C(=O)Oc3ccc(Oc4cccc(C(F)(F)F)c4)cc3)CC2)cc1. The highest BCUT2D eigenvalue weighted by atomic mass is 19.4. The molecule has 1 fully saturated rings. The zero-order valence-corrected chi connectivity index (χ0v) is 19.6. The number of nitrogens with zero attached hydrogens (tertiary/aromatic N) is 1.